The van der Waals surface area contributed by atoms with Gasteiger partial charge in [-0.3, -0.25) is 5.10 Å². The summed E-state index contributed by atoms with van der Waals surface area (Å²) < 4.78 is 5.54. The minimum absolute atomic E-state index is 0.0493. The van der Waals surface area contributed by atoms with E-state index >= 15 is 0 Å². The number of hydrogen-bond donors (Lipinski definition) is 2. The van der Waals surface area contributed by atoms with Gasteiger partial charge in [-0.25, -0.2) is 4.79 Å². The second-order valence-corrected chi connectivity index (χ2v) is 3.56. The molecule has 5 heteroatoms. The molecule has 0 unspecified atom stereocenters. The molecule has 2 heterocycles. The van der Waals surface area contributed by atoms with Gasteiger partial charge < -0.3 is 9.84 Å². The van der Waals surface area contributed by atoms with Crippen LogP contribution in [0.1, 0.15) is 41.7 Å². The third kappa shape index (κ3) is 1.29. The lowest BCUT2D eigenvalue weighted by molar-refractivity contribution is -0.00703. The minimum Gasteiger partial charge on any atom is -0.476 e. The van der Waals surface area contributed by atoms with Gasteiger partial charge in [-0.2, -0.15) is 5.10 Å². The van der Waals surface area contributed by atoms with Crippen LogP contribution in [0.15, 0.2) is 0 Å². The summed E-state index contributed by atoms with van der Waals surface area (Å²) in [5.74, 6) is -0.983. The number of carboxylic acids is 1. The van der Waals surface area contributed by atoms with Gasteiger partial charge >= 0.3 is 5.97 Å². The molecule has 0 radical (unpaired) electrons. The summed E-state index contributed by atoms with van der Waals surface area (Å²) in [4.78, 5) is 10.8. The van der Waals surface area contributed by atoms with E-state index in [1.54, 1.807) is 0 Å². The smallest absolute Gasteiger partial charge is 0.356 e. The molecule has 1 aromatic rings. The number of hydrogen-bond acceptors (Lipinski definition) is 3. The molecule has 2 atom stereocenters. The molecule has 76 valence electrons. The van der Waals surface area contributed by atoms with Crippen molar-refractivity contribution in [3.8, 4) is 0 Å². The molecule has 0 amide bonds. The molecule has 1 aliphatic rings. The van der Waals surface area contributed by atoms with Crippen LogP contribution in [-0.2, 0) is 11.2 Å². The molecule has 0 saturated heterocycles. The number of H-pyrrole nitrogens is 1. The molecule has 0 spiro atoms. The molecule has 14 heavy (non-hydrogen) atoms. The highest BCUT2D eigenvalue weighted by Gasteiger charge is 2.29. The summed E-state index contributed by atoms with van der Waals surface area (Å²) in [6.45, 7) is 3.82. The Kier molecular flexibility index (Phi) is 2.03. The van der Waals surface area contributed by atoms with Crippen molar-refractivity contribution in [2.75, 3.05) is 0 Å². The first-order chi connectivity index (χ1) is 6.59. The predicted octanol–water partition coefficient (Wildman–Crippen LogP) is 1.13. The number of carbonyl (C=O) groups is 1. The lowest BCUT2D eigenvalue weighted by Gasteiger charge is -2.24. The Morgan fingerprint density at radius 1 is 1.64 bits per heavy atom. The Labute approximate surface area is 81.1 Å². The first-order valence-corrected chi connectivity index (χ1v) is 4.55. The number of aromatic nitrogens is 2. The molecule has 5 nitrogen and oxygen atoms in total. The van der Waals surface area contributed by atoms with Gasteiger partial charge in [0.25, 0.3) is 0 Å². The lowest BCUT2D eigenvalue weighted by atomic mass is 10.00. The standard InChI is InChI=1S/C9H12N2O3/c1-4-3-6-7(5(2)14-4)10-11-8(6)9(12)13/h4-5H,3H2,1-2H3,(H,10,11)(H,12,13)/t4-,5+/m1/s1. The van der Waals surface area contributed by atoms with Gasteiger partial charge in [0.1, 0.15) is 0 Å². The number of nitrogens with one attached hydrogen (secondary N) is 1. The molecule has 2 N–H and O–H groups in total. The van der Waals surface area contributed by atoms with Crippen molar-refractivity contribution in [2.24, 2.45) is 0 Å². The average molecular weight is 196 g/mol. The van der Waals surface area contributed by atoms with Gasteiger partial charge in [0, 0.05) is 12.0 Å². The number of rotatable bonds is 1. The number of aromatic carboxylic acids is 1. The second-order valence-electron chi connectivity index (χ2n) is 3.56. The lowest BCUT2D eigenvalue weighted by Crippen LogP contribution is -2.22. The topological polar surface area (TPSA) is 75.2 Å². The zero-order chi connectivity index (χ0) is 10.3. The first-order valence-electron chi connectivity index (χ1n) is 4.55. The summed E-state index contributed by atoms with van der Waals surface area (Å²) in [5.41, 5.74) is 1.70. The van der Waals surface area contributed by atoms with Gasteiger partial charge in [-0.15, -0.1) is 0 Å². The Morgan fingerprint density at radius 2 is 2.36 bits per heavy atom. The van der Waals surface area contributed by atoms with Crippen LogP contribution in [0.4, 0.5) is 0 Å². The van der Waals surface area contributed by atoms with Crippen molar-refractivity contribution >= 4 is 5.97 Å². The largest absolute Gasteiger partial charge is 0.476 e. The maximum Gasteiger partial charge on any atom is 0.356 e. The van der Waals surface area contributed by atoms with Crippen LogP contribution in [0.2, 0.25) is 0 Å². The van der Waals surface area contributed by atoms with Gasteiger partial charge in [0.05, 0.1) is 17.9 Å². The highest BCUT2D eigenvalue weighted by molar-refractivity contribution is 5.87. The predicted molar refractivity (Wildman–Crippen MR) is 48.2 cm³/mol. The zero-order valence-electron chi connectivity index (χ0n) is 8.07. The van der Waals surface area contributed by atoms with Gasteiger partial charge in [0.15, 0.2) is 5.69 Å². The Bertz CT molecular complexity index is 372. The molecular weight excluding hydrogens is 184 g/mol. The van der Waals surface area contributed by atoms with Crippen LogP contribution >= 0.6 is 0 Å². The number of ether oxygens (including phenoxy) is 1. The first kappa shape index (κ1) is 9.21. The fourth-order valence-corrected chi connectivity index (χ4v) is 1.85. The number of nitrogens with zero attached hydrogens (tertiary/aromatic N) is 1. The van der Waals surface area contributed by atoms with Crippen molar-refractivity contribution in [2.45, 2.75) is 32.5 Å². The van der Waals surface area contributed by atoms with Crippen molar-refractivity contribution in [1.82, 2.24) is 10.2 Å². The average Bonchev–Trinajstić information content (AvgIpc) is 2.47. The minimum atomic E-state index is -0.983. The monoisotopic (exact) mass is 196 g/mol. The number of carboxylic acid groups (broad SMARTS) is 1. The van der Waals surface area contributed by atoms with E-state index in [9.17, 15) is 4.79 Å². The maximum absolute atomic E-state index is 10.8. The molecular formula is C9H12N2O3. The molecule has 0 fully saturated rings. The highest BCUT2D eigenvalue weighted by atomic mass is 16.5. The zero-order valence-corrected chi connectivity index (χ0v) is 8.07. The van der Waals surface area contributed by atoms with E-state index in [1.165, 1.54) is 0 Å². The van der Waals surface area contributed by atoms with E-state index in [4.69, 9.17) is 9.84 Å². The van der Waals surface area contributed by atoms with E-state index in [-0.39, 0.29) is 17.9 Å². The third-order valence-electron chi connectivity index (χ3n) is 2.44. The van der Waals surface area contributed by atoms with E-state index in [2.05, 4.69) is 10.2 Å². The molecule has 0 aliphatic carbocycles. The van der Waals surface area contributed by atoms with Gasteiger partial charge in [0.2, 0.25) is 0 Å². The fourth-order valence-electron chi connectivity index (χ4n) is 1.85. The van der Waals surface area contributed by atoms with Crippen LogP contribution in [0.5, 0.6) is 0 Å². The Balaban J connectivity index is 2.46. The number of aromatic amines is 1. The van der Waals surface area contributed by atoms with Crippen molar-refractivity contribution in [3.05, 3.63) is 17.0 Å². The van der Waals surface area contributed by atoms with E-state index in [0.717, 1.165) is 11.3 Å². The quantitative estimate of drug-likeness (QED) is 0.706. The van der Waals surface area contributed by atoms with Crippen LogP contribution in [0.3, 0.4) is 0 Å². The van der Waals surface area contributed by atoms with Crippen molar-refractivity contribution in [3.63, 3.8) is 0 Å². The fraction of sp³-hybridized carbons (Fsp3) is 0.556. The van der Waals surface area contributed by atoms with E-state index in [1.807, 2.05) is 13.8 Å². The third-order valence-corrected chi connectivity index (χ3v) is 2.44. The summed E-state index contributed by atoms with van der Waals surface area (Å²) >= 11 is 0. The summed E-state index contributed by atoms with van der Waals surface area (Å²) in [6, 6.07) is 0. The van der Waals surface area contributed by atoms with Crippen LogP contribution in [0, 0.1) is 0 Å². The van der Waals surface area contributed by atoms with E-state index in [0.29, 0.717) is 6.42 Å². The molecule has 0 bridgehead atoms. The van der Waals surface area contributed by atoms with Crippen LogP contribution < -0.4 is 0 Å². The molecule has 1 aromatic heterocycles. The molecule has 0 aromatic carbocycles. The maximum atomic E-state index is 10.8. The second kappa shape index (κ2) is 3.09. The van der Waals surface area contributed by atoms with Gasteiger partial charge in [-0.1, -0.05) is 0 Å². The summed E-state index contributed by atoms with van der Waals surface area (Å²) in [5, 5.41) is 15.4. The van der Waals surface area contributed by atoms with Gasteiger partial charge in [-0.05, 0) is 13.8 Å². The normalized spacial score (nSPS) is 25.9. The Morgan fingerprint density at radius 3 is 3.00 bits per heavy atom. The summed E-state index contributed by atoms with van der Waals surface area (Å²) in [6.07, 6.45) is 0.556. The molecule has 2 rings (SSSR count). The van der Waals surface area contributed by atoms with Crippen molar-refractivity contribution in [1.29, 1.82) is 0 Å². The van der Waals surface area contributed by atoms with Crippen LogP contribution in [-0.4, -0.2) is 27.4 Å². The molecule has 1 aliphatic heterocycles. The number of fused-ring (bicyclic) bond motifs is 1. The summed E-state index contributed by atoms with van der Waals surface area (Å²) in [7, 11) is 0. The molecule has 0 saturated carbocycles. The Hall–Kier alpha value is -1.36. The van der Waals surface area contributed by atoms with Crippen molar-refractivity contribution < 1.29 is 14.6 Å². The SMILES string of the molecule is C[C@@H]1Cc2c(C(=O)O)n[nH]c2[C@H](C)O1. The van der Waals surface area contributed by atoms with Crippen LogP contribution in [0.25, 0.3) is 0 Å². The van der Waals surface area contributed by atoms with E-state index < -0.39 is 5.97 Å². The highest BCUT2D eigenvalue weighted by Crippen LogP contribution is 2.29.